The minimum atomic E-state index is -1.16. The molecule has 0 aromatic carbocycles. The van der Waals surface area contributed by atoms with Crippen molar-refractivity contribution in [2.75, 3.05) is 0 Å². The van der Waals surface area contributed by atoms with E-state index in [1.54, 1.807) is 6.92 Å². The van der Waals surface area contributed by atoms with Gasteiger partial charge in [-0.15, -0.1) is 0 Å². The molecule has 2 N–H and O–H groups in total. The fourth-order valence-corrected chi connectivity index (χ4v) is 2.34. The van der Waals surface area contributed by atoms with E-state index in [-0.39, 0.29) is 5.76 Å². The summed E-state index contributed by atoms with van der Waals surface area (Å²) in [7, 11) is 0. The highest BCUT2D eigenvalue weighted by Crippen LogP contribution is 2.29. The second kappa shape index (κ2) is 4.80. The van der Waals surface area contributed by atoms with Crippen LogP contribution in [0, 0.1) is 6.92 Å². The van der Waals surface area contributed by atoms with Gasteiger partial charge in [0.2, 0.25) is 5.76 Å². The molecule has 1 saturated carbocycles. The summed E-state index contributed by atoms with van der Waals surface area (Å²) < 4.78 is 4.98. The average Bonchev–Trinajstić information content (AvgIpc) is 2.76. The maximum absolute atomic E-state index is 12.0. The Kier molecular flexibility index (Phi) is 3.36. The van der Waals surface area contributed by atoms with Crippen LogP contribution < -0.4 is 5.32 Å². The Bertz CT molecular complexity index is 460. The van der Waals surface area contributed by atoms with Crippen molar-refractivity contribution < 1.29 is 19.1 Å². The summed E-state index contributed by atoms with van der Waals surface area (Å²) in [5, 5.41) is 11.9. The lowest BCUT2D eigenvalue weighted by atomic mass is 9.81. The molecule has 1 aliphatic rings. The molecule has 0 bridgehead atoms. The summed E-state index contributed by atoms with van der Waals surface area (Å²) in [6, 6.07) is 0. The number of aryl methyl sites for hydroxylation is 1. The van der Waals surface area contributed by atoms with Crippen LogP contribution in [-0.4, -0.2) is 27.5 Å². The first kappa shape index (κ1) is 12.6. The van der Waals surface area contributed by atoms with Gasteiger partial charge in [0.15, 0.2) is 6.39 Å². The number of aromatic nitrogens is 1. The van der Waals surface area contributed by atoms with Crippen molar-refractivity contribution in [3.8, 4) is 0 Å². The zero-order chi connectivity index (χ0) is 13.2. The Morgan fingerprint density at radius 3 is 2.56 bits per heavy atom. The van der Waals surface area contributed by atoms with Gasteiger partial charge in [-0.1, -0.05) is 19.3 Å². The summed E-state index contributed by atoms with van der Waals surface area (Å²) in [4.78, 5) is 27.2. The van der Waals surface area contributed by atoms with E-state index in [1.807, 2.05) is 0 Å². The van der Waals surface area contributed by atoms with E-state index in [0.29, 0.717) is 18.5 Å². The zero-order valence-corrected chi connectivity index (χ0v) is 10.2. The number of hydrogen-bond acceptors (Lipinski definition) is 4. The molecule has 0 radical (unpaired) electrons. The van der Waals surface area contributed by atoms with Crippen molar-refractivity contribution >= 4 is 11.9 Å². The lowest BCUT2D eigenvalue weighted by molar-refractivity contribution is -0.145. The SMILES string of the molecule is Cc1ncoc1C(=O)NC1(C(=O)O)CCCCC1. The monoisotopic (exact) mass is 252 g/mol. The predicted octanol–water partition coefficient (Wildman–Crippen LogP) is 1.50. The van der Waals surface area contributed by atoms with E-state index in [4.69, 9.17) is 4.42 Å². The lowest BCUT2D eigenvalue weighted by Crippen LogP contribution is -2.55. The predicted molar refractivity (Wildman–Crippen MR) is 62.2 cm³/mol. The van der Waals surface area contributed by atoms with Crippen LogP contribution in [0.5, 0.6) is 0 Å². The standard InChI is InChI=1S/C12H16N2O4/c1-8-9(18-7-13-8)10(15)14-12(11(16)17)5-3-2-4-6-12/h7H,2-6H2,1H3,(H,14,15)(H,16,17). The number of carbonyl (C=O) groups is 2. The van der Waals surface area contributed by atoms with Gasteiger partial charge in [-0.2, -0.15) is 0 Å². The molecule has 1 aromatic rings. The average molecular weight is 252 g/mol. The highest BCUT2D eigenvalue weighted by Gasteiger charge is 2.41. The van der Waals surface area contributed by atoms with Crippen LogP contribution >= 0.6 is 0 Å². The number of nitrogens with zero attached hydrogens (tertiary/aromatic N) is 1. The van der Waals surface area contributed by atoms with Gasteiger partial charge in [0.25, 0.3) is 5.91 Å². The third-order valence-corrected chi connectivity index (χ3v) is 3.42. The molecule has 6 nitrogen and oxygen atoms in total. The minimum Gasteiger partial charge on any atom is -0.480 e. The number of carboxylic acid groups (broad SMARTS) is 1. The Morgan fingerprint density at radius 1 is 1.39 bits per heavy atom. The zero-order valence-electron chi connectivity index (χ0n) is 10.2. The Hall–Kier alpha value is -1.85. The van der Waals surface area contributed by atoms with Crippen molar-refractivity contribution in [1.82, 2.24) is 10.3 Å². The number of hydrogen-bond donors (Lipinski definition) is 2. The molecule has 1 fully saturated rings. The summed E-state index contributed by atoms with van der Waals surface area (Å²) in [5.74, 6) is -1.40. The molecule has 2 rings (SSSR count). The molecule has 0 atom stereocenters. The fourth-order valence-electron chi connectivity index (χ4n) is 2.34. The first-order valence-corrected chi connectivity index (χ1v) is 6.01. The van der Waals surface area contributed by atoms with Crippen molar-refractivity contribution in [3.63, 3.8) is 0 Å². The second-order valence-corrected chi connectivity index (χ2v) is 4.67. The van der Waals surface area contributed by atoms with E-state index in [0.717, 1.165) is 19.3 Å². The van der Waals surface area contributed by atoms with Gasteiger partial charge < -0.3 is 14.8 Å². The number of nitrogens with one attached hydrogen (secondary N) is 1. The summed E-state index contributed by atoms with van der Waals surface area (Å²) >= 11 is 0. The van der Waals surface area contributed by atoms with Crippen molar-refractivity contribution in [2.45, 2.75) is 44.6 Å². The van der Waals surface area contributed by atoms with Crippen molar-refractivity contribution in [3.05, 3.63) is 17.8 Å². The van der Waals surface area contributed by atoms with E-state index >= 15 is 0 Å². The van der Waals surface area contributed by atoms with E-state index < -0.39 is 17.4 Å². The molecule has 6 heteroatoms. The first-order chi connectivity index (χ1) is 8.55. The molecule has 1 amide bonds. The van der Waals surface area contributed by atoms with Crippen LogP contribution in [0.3, 0.4) is 0 Å². The normalized spacial score (nSPS) is 18.3. The van der Waals surface area contributed by atoms with Gasteiger partial charge in [0.05, 0.1) is 5.69 Å². The summed E-state index contributed by atoms with van der Waals surface area (Å²) in [6.45, 7) is 1.65. The van der Waals surface area contributed by atoms with Gasteiger partial charge in [0, 0.05) is 0 Å². The number of carbonyl (C=O) groups excluding carboxylic acids is 1. The first-order valence-electron chi connectivity index (χ1n) is 6.01. The fraction of sp³-hybridized carbons (Fsp3) is 0.583. The van der Waals surface area contributed by atoms with Crippen LogP contribution in [0.25, 0.3) is 0 Å². The Labute approximate surface area is 104 Å². The van der Waals surface area contributed by atoms with Gasteiger partial charge in [-0.05, 0) is 19.8 Å². The smallest absolute Gasteiger partial charge is 0.329 e. The van der Waals surface area contributed by atoms with E-state index in [2.05, 4.69) is 10.3 Å². The van der Waals surface area contributed by atoms with Crippen LogP contribution in [0.2, 0.25) is 0 Å². The number of aliphatic carboxylic acids is 1. The molecular formula is C12H16N2O4. The molecule has 0 unspecified atom stereocenters. The number of carboxylic acids is 1. The molecule has 0 aliphatic heterocycles. The van der Waals surface area contributed by atoms with Crippen LogP contribution in [0.15, 0.2) is 10.8 Å². The third-order valence-electron chi connectivity index (χ3n) is 3.42. The number of rotatable bonds is 3. The number of amides is 1. The maximum Gasteiger partial charge on any atom is 0.329 e. The topological polar surface area (TPSA) is 92.4 Å². The van der Waals surface area contributed by atoms with E-state index in [1.165, 1.54) is 6.39 Å². The van der Waals surface area contributed by atoms with Gasteiger partial charge >= 0.3 is 5.97 Å². The number of oxazole rings is 1. The largest absolute Gasteiger partial charge is 0.480 e. The molecule has 1 heterocycles. The maximum atomic E-state index is 12.0. The van der Waals surface area contributed by atoms with Gasteiger partial charge in [0.1, 0.15) is 5.54 Å². The quantitative estimate of drug-likeness (QED) is 0.850. The minimum absolute atomic E-state index is 0.0844. The van der Waals surface area contributed by atoms with Crippen LogP contribution in [0.1, 0.15) is 48.4 Å². The van der Waals surface area contributed by atoms with Crippen LogP contribution in [-0.2, 0) is 4.79 Å². The van der Waals surface area contributed by atoms with Crippen molar-refractivity contribution in [1.29, 1.82) is 0 Å². The molecule has 0 saturated heterocycles. The second-order valence-electron chi connectivity index (χ2n) is 4.67. The van der Waals surface area contributed by atoms with Crippen molar-refractivity contribution in [2.24, 2.45) is 0 Å². The summed E-state index contributed by atoms with van der Waals surface area (Å²) in [6.07, 6.45) is 4.72. The van der Waals surface area contributed by atoms with E-state index in [9.17, 15) is 14.7 Å². The Morgan fingerprint density at radius 2 is 2.06 bits per heavy atom. The molecular weight excluding hydrogens is 236 g/mol. The molecule has 98 valence electrons. The van der Waals surface area contributed by atoms with Gasteiger partial charge in [-0.3, -0.25) is 4.79 Å². The van der Waals surface area contributed by atoms with Crippen LogP contribution in [0.4, 0.5) is 0 Å². The third kappa shape index (κ3) is 2.23. The lowest BCUT2D eigenvalue weighted by Gasteiger charge is -2.33. The summed E-state index contributed by atoms with van der Waals surface area (Å²) in [5.41, 5.74) is -0.696. The molecule has 1 aromatic heterocycles. The molecule has 1 aliphatic carbocycles. The molecule has 0 spiro atoms. The Balaban J connectivity index is 2.17. The highest BCUT2D eigenvalue weighted by molar-refractivity contribution is 5.96. The van der Waals surface area contributed by atoms with Gasteiger partial charge in [-0.25, -0.2) is 9.78 Å². The highest BCUT2D eigenvalue weighted by atomic mass is 16.4. The molecule has 18 heavy (non-hydrogen) atoms.